The molecule has 12 heteroatoms. The number of rotatable bonds is 6. The molecule has 1 N–H and O–H groups in total. The number of hydrogen-bond acceptors (Lipinski definition) is 6. The molecule has 0 fully saturated rings. The van der Waals surface area contributed by atoms with Crippen LogP contribution in [0.4, 0.5) is 38.0 Å². The lowest BCUT2D eigenvalue weighted by Crippen LogP contribution is -2.08. The Hall–Kier alpha value is -4.74. The average molecular weight is 541 g/mol. The molecule has 39 heavy (non-hydrogen) atoms. The normalized spacial score (nSPS) is 11.9. The smallest absolute Gasteiger partial charge is 0.418 e. The number of nitrogens with zero attached hydrogens (tertiary/aromatic N) is 4. The maximum absolute atomic E-state index is 13.6. The van der Waals surface area contributed by atoms with Gasteiger partial charge in [-0.3, -0.25) is 4.98 Å². The van der Waals surface area contributed by atoms with Crippen LogP contribution in [0.5, 0.6) is 6.01 Å². The maximum atomic E-state index is 13.6. The van der Waals surface area contributed by atoms with Crippen LogP contribution >= 0.6 is 0 Å². The van der Waals surface area contributed by atoms with E-state index >= 15 is 0 Å². The van der Waals surface area contributed by atoms with Crippen molar-refractivity contribution in [1.82, 2.24) is 19.9 Å². The standard InChI is InChI=1S/C27H17F6N5O/c28-26(29,30)18-9-11-22(35-14-18)37-24-19-10-8-17(23-20(27(31,32)33)7-4-12-34-23)13-21(19)36-25(38-24)39-15-16-5-2-1-3-6-16/h1-14H,15H2,(H,35,36,37,38). The van der Waals surface area contributed by atoms with Crippen LogP contribution in [0, 0.1) is 0 Å². The number of benzene rings is 2. The first kappa shape index (κ1) is 25.9. The van der Waals surface area contributed by atoms with Crippen molar-refractivity contribution in [2.24, 2.45) is 0 Å². The van der Waals surface area contributed by atoms with Crippen molar-refractivity contribution in [2.45, 2.75) is 19.0 Å². The Morgan fingerprint density at radius 2 is 1.56 bits per heavy atom. The molecule has 0 amide bonds. The van der Waals surface area contributed by atoms with Crippen LogP contribution in [0.2, 0.25) is 0 Å². The van der Waals surface area contributed by atoms with Crippen molar-refractivity contribution in [1.29, 1.82) is 0 Å². The van der Waals surface area contributed by atoms with E-state index in [-0.39, 0.29) is 41.0 Å². The Bertz CT molecular complexity index is 1610. The SMILES string of the molecule is FC(F)(F)c1ccc(Nc2nc(OCc3ccccc3)nc3cc(-c4ncccc4C(F)(F)F)ccc23)nc1. The second-order valence-corrected chi connectivity index (χ2v) is 8.31. The van der Waals surface area contributed by atoms with Gasteiger partial charge in [-0.05, 0) is 42.0 Å². The Balaban J connectivity index is 1.56. The van der Waals surface area contributed by atoms with E-state index in [1.807, 2.05) is 30.3 Å². The molecule has 6 nitrogen and oxygen atoms in total. The largest absolute Gasteiger partial charge is 0.459 e. The fourth-order valence-electron chi connectivity index (χ4n) is 3.76. The molecule has 0 saturated heterocycles. The zero-order valence-electron chi connectivity index (χ0n) is 19.8. The molecule has 0 aliphatic rings. The van der Waals surface area contributed by atoms with Gasteiger partial charge in [0.05, 0.1) is 22.3 Å². The Morgan fingerprint density at radius 3 is 2.26 bits per heavy atom. The number of halogens is 6. The second kappa shape index (κ2) is 10.2. The van der Waals surface area contributed by atoms with Crippen LogP contribution in [-0.2, 0) is 19.0 Å². The van der Waals surface area contributed by atoms with Crippen LogP contribution in [0.3, 0.4) is 0 Å². The van der Waals surface area contributed by atoms with Crippen molar-refractivity contribution < 1.29 is 31.1 Å². The first-order chi connectivity index (χ1) is 18.6. The van der Waals surface area contributed by atoms with Gasteiger partial charge in [0.1, 0.15) is 18.2 Å². The third-order valence-corrected chi connectivity index (χ3v) is 5.61. The minimum atomic E-state index is -4.63. The van der Waals surface area contributed by atoms with Crippen LogP contribution in [0.15, 0.2) is 85.2 Å². The quantitative estimate of drug-likeness (QED) is 0.225. The van der Waals surface area contributed by atoms with Crippen LogP contribution in [-0.4, -0.2) is 19.9 Å². The van der Waals surface area contributed by atoms with E-state index in [1.165, 1.54) is 30.5 Å². The highest BCUT2D eigenvalue weighted by molar-refractivity contribution is 5.93. The van der Waals surface area contributed by atoms with Gasteiger partial charge in [-0.2, -0.15) is 36.3 Å². The monoisotopic (exact) mass is 541 g/mol. The van der Waals surface area contributed by atoms with Gasteiger partial charge in [-0.25, -0.2) is 4.98 Å². The zero-order valence-corrected chi connectivity index (χ0v) is 19.8. The van der Waals surface area contributed by atoms with E-state index in [0.29, 0.717) is 11.6 Å². The molecule has 3 aromatic heterocycles. The summed E-state index contributed by atoms with van der Waals surface area (Å²) in [5.74, 6) is 0.198. The molecule has 0 spiro atoms. The van der Waals surface area contributed by atoms with Gasteiger partial charge in [0.25, 0.3) is 0 Å². The molecule has 0 saturated carbocycles. The van der Waals surface area contributed by atoms with Gasteiger partial charge in [0.2, 0.25) is 0 Å². The van der Waals surface area contributed by atoms with Crippen LogP contribution < -0.4 is 10.1 Å². The average Bonchev–Trinajstić information content (AvgIpc) is 2.91. The van der Waals surface area contributed by atoms with E-state index < -0.39 is 23.5 Å². The first-order valence-corrected chi connectivity index (χ1v) is 11.4. The van der Waals surface area contributed by atoms with Gasteiger partial charge in [-0.1, -0.05) is 36.4 Å². The number of hydrogen-bond donors (Lipinski definition) is 1. The summed E-state index contributed by atoms with van der Waals surface area (Å²) in [5.41, 5.74) is -0.923. The lowest BCUT2D eigenvalue weighted by molar-refractivity contribution is -0.138. The van der Waals surface area contributed by atoms with Crippen molar-refractivity contribution in [2.75, 3.05) is 5.32 Å². The fourth-order valence-corrected chi connectivity index (χ4v) is 3.76. The predicted octanol–water partition coefficient (Wildman–Crippen LogP) is 7.45. The number of nitrogens with one attached hydrogen (secondary N) is 1. The van der Waals surface area contributed by atoms with Gasteiger partial charge in [0.15, 0.2) is 0 Å². The minimum Gasteiger partial charge on any atom is -0.459 e. The third kappa shape index (κ3) is 5.89. The molecule has 5 rings (SSSR count). The molecule has 0 aliphatic carbocycles. The Morgan fingerprint density at radius 1 is 0.769 bits per heavy atom. The summed E-state index contributed by atoms with van der Waals surface area (Å²) in [4.78, 5) is 16.4. The molecule has 2 aromatic carbocycles. The number of anilines is 2. The van der Waals surface area contributed by atoms with E-state index in [2.05, 4.69) is 25.3 Å². The van der Waals surface area contributed by atoms with Gasteiger partial charge >= 0.3 is 18.4 Å². The molecule has 5 aromatic rings. The number of pyridine rings is 2. The van der Waals surface area contributed by atoms with Gasteiger partial charge in [0, 0.05) is 23.3 Å². The molecule has 0 atom stereocenters. The summed E-state index contributed by atoms with van der Waals surface area (Å²) in [6, 6.07) is 17.5. The molecule has 0 radical (unpaired) electrons. The lowest BCUT2D eigenvalue weighted by Gasteiger charge is -2.14. The van der Waals surface area contributed by atoms with Crippen molar-refractivity contribution in [3.63, 3.8) is 0 Å². The highest BCUT2D eigenvalue weighted by Gasteiger charge is 2.34. The highest BCUT2D eigenvalue weighted by Crippen LogP contribution is 2.37. The number of ether oxygens (including phenoxy) is 1. The minimum absolute atomic E-state index is 0.0603. The Labute approximate surface area is 217 Å². The Kier molecular flexibility index (Phi) is 6.77. The molecule has 3 heterocycles. The van der Waals surface area contributed by atoms with Crippen molar-refractivity contribution in [3.05, 3.63) is 102 Å². The second-order valence-electron chi connectivity index (χ2n) is 8.31. The zero-order chi connectivity index (χ0) is 27.6. The van der Waals surface area contributed by atoms with E-state index in [4.69, 9.17) is 4.74 Å². The summed E-state index contributed by atoms with van der Waals surface area (Å²) < 4.78 is 85.4. The van der Waals surface area contributed by atoms with Crippen LogP contribution in [0.25, 0.3) is 22.2 Å². The highest BCUT2D eigenvalue weighted by atomic mass is 19.4. The molecular weight excluding hydrogens is 524 g/mol. The predicted molar refractivity (Wildman–Crippen MR) is 131 cm³/mol. The summed E-state index contributed by atoms with van der Waals surface area (Å²) in [6.07, 6.45) is -7.25. The summed E-state index contributed by atoms with van der Waals surface area (Å²) in [5, 5.41) is 3.23. The molecule has 0 bridgehead atoms. The van der Waals surface area contributed by atoms with E-state index in [0.717, 1.165) is 23.8 Å². The summed E-state index contributed by atoms with van der Waals surface area (Å²) in [7, 11) is 0. The molecular formula is C27H17F6N5O. The molecule has 0 unspecified atom stereocenters. The number of aromatic nitrogens is 4. The summed E-state index contributed by atoms with van der Waals surface area (Å²) >= 11 is 0. The summed E-state index contributed by atoms with van der Waals surface area (Å²) in [6.45, 7) is 0.0997. The first-order valence-electron chi connectivity index (χ1n) is 11.4. The van der Waals surface area contributed by atoms with E-state index in [1.54, 1.807) is 0 Å². The number of alkyl halides is 6. The third-order valence-electron chi connectivity index (χ3n) is 5.61. The fraction of sp³-hybridized carbons (Fsp3) is 0.111. The van der Waals surface area contributed by atoms with Crippen molar-refractivity contribution in [3.8, 4) is 17.3 Å². The van der Waals surface area contributed by atoms with Crippen LogP contribution in [0.1, 0.15) is 16.7 Å². The number of fused-ring (bicyclic) bond motifs is 1. The van der Waals surface area contributed by atoms with E-state index in [9.17, 15) is 26.3 Å². The topological polar surface area (TPSA) is 72.8 Å². The molecule has 0 aliphatic heterocycles. The van der Waals surface area contributed by atoms with Gasteiger partial charge < -0.3 is 10.1 Å². The maximum Gasteiger partial charge on any atom is 0.418 e. The lowest BCUT2D eigenvalue weighted by atomic mass is 10.0. The molecule has 198 valence electrons. The van der Waals surface area contributed by atoms with Gasteiger partial charge in [-0.15, -0.1) is 0 Å². The van der Waals surface area contributed by atoms with Crippen molar-refractivity contribution >= 4 is 22.5 Å².